The fourth-order valence-electron chi connectivity index (χ4n) is 5.10. The average Bonchev–Trinajstić information content (AvgIpc) is 3.38. The Bertz CT molecular complexity index is 1260. The number of rotatable bonds is 8. The molecule has 3 aromatic carbocycles. The molecule has 0 unspecified atom stereocenters. The Morgan fingerprint density at radius 2 is 1.89 bits per heavy atom. The maximum Gasteiger partial charge on any atom is 0.161 e. The van der Waals surface area contributed by atoms with Gasteiger partial charge in [0.1, 0.15) is 6.61 Å². The average molecular weight is 465 g/mol. The minimum Gasteiger partial charge on any atom is -0.490 e. The van der Waals surface area contributed by atoms with E-state index >= 15 is 0 Å². The zero-order chi connectivity index (χ0) is 24.2. The predicted molar refractivity (Wildman–Crippen MR) is 145 cm³/mol. The fraction of sp³-hybridized carbons (Fsp3) is 0.258. The van der Waals surface area contributed by atoms with Gasteiger partial charge in [0.15, 0.2) is 11.5 Å². The van der Waals surface area contributed by atoms with E-state index in [1.54, 1.807) is 6.08 Å². The van der Waals surface area contributed by atoms with Gasteiger partial charge < -0.3 is 14.8 Å². The molecule has 0 saturated heterocycles. The lowest BCUT2D eigenvalue weighted by Gasteiger charge is -2.37. The number of aryl methyl sites for hydroxylation is 1. The van der Waals surface area contributed by atoms with Crippen LogP contribution in [-0.2, 0) is 0 Å². The van der Waals surface area contributed by atoms with E-state index in [2.05, 4.69) is 73.4 Å². The zero-order valence-corrected chi connectivity index (χ0v) is 20.4. The van der Waals surface area contributed by atoms with E-state index in [9.17, 15) is 0 Å². The molecule has 1 aliphatic carbocycles. The van der Waals surface area contributed by atoms with Gasteiger partial charge in [-0.05, 0) is 79.3 Å². The first-order chi connectivity index (χ1) is 17.2. The van der Waals surface area contributed by atoms with Crippen LogP contribution in [0, 0.1) is 12.8 Å². The highest BCUT2D eigenvalue weighted by molar-refractivity contribution is 5.83. The van der Waals surface area contributed by atoms with Crippen LogP contribution in [0.2, 0.25) is 0 Å². The largest absolute Gasteiger partial charge is 0.490 e. The molecular formula is C31H32N2O2. The van der Waals surface area contributed by atoms with Crippen molar-refractivity contribution in [2.75, 3.05) is 18.5 Å². The summed E-state index contributed by atoms with van der Waals surface area (Å²) in [5.41, 5.74) is 7.18. The first kappa shape index (κ1) is 23.0. The Balaban J connectivity index is 1.33. The molecule has 0 radical (unpaired) electrons. The van der Waals surface area contributed by atoms with Gasteiger partial charge in [0.25, 0.3) is 0 Å². The van der Waals surface area contributed by atoms with Crippen LogP contribution in [0.1, 0.15) is 47.6 Å². The molecule has 0 fully saturated rings. The summed E-state index contributed by atoms with van der Waals surface area (Å²) in [4.78, 5) is 4.70. The third kappa shape index (κ3) is 4.88. The monoisotopic (exact) mass is 464 g/mol. The maximum absolute atomic E-state index is 5.74. The molecule has 0 saturated carbocycles. The lowest BCUT2D eigenvalue weighted by molar-refractivity contribution is 0.297. The minimum atomic E-state index is 0.292. The number of aliphatic imine (C=N–C) groups is 1. The third-order valence-electron chi connectivity index (χ3n) is 6.76. The fourth-order valence-corrected chi connectivity index (χ4v) is 5.10. The molecule has 3 atom stereocenters. The van der Waals surface area contributed by atoms with Crippen molar-refractivity contribution in [3.8, 4) is 11.5 Å². The van der Waals surface area contributed by atoms with Crippen molar-refractivity contribution in [2.45, 2.75) is 32.2 Å². The van der Waals surface area contributed by atoms with Crippen molar-refractivity contribution < 1.29 is 9.47 Å². The Kier molecular flexibility index (Phi) is 6.71. The molecule has 2 aliphatic rings. The normalized spacial score (nSPS) is 20.2. The van der Waals surface area contributed by atoms with Crippen molar-refractivity contribution in [1.82, 2.24) is 0 Å². The minimum absolute atomic E-state index is 0.292. The summed E-state index contributed by atoms with van der Waals surface area (Å²) in [5.74, 6) is 2.45. The smallest absolute Gasteiger partial charge is 0.161 e. The summed E-state index contributed by atoms with van der Waals surface area (Å²) in [5, 5.41) is 3.82. The molecule has 0 amide bonds. The van der Waals surface area contributed by atoms with E-state index in [0.29, 0.717) is 42.6 Å². The molecule has 1 heterocycles. The molecule has 35 heavy (non-hydrogen) atoms. The molecule has 0 aromatic heterocycles. The predicted octanol–water partition coefficient (Wildman–Crippen LogP) is 7.54. The summed E-state index contributed by atoms with van der Waals surface area (Å²) >= 11 is 0. The summed E-state index contributed by atoms with van der Waals surface area (Å²) < 4.78 is 11.4. The molecule has 0 spiro atoms. The van der Waals surface area contributed by atoms with Crippen molar-refractivity contribution in [2.24, 2.45) is 10.9 Å². The molecule has 5 rings (SSSR count). The first-order valence-corrected chi connectivity index (χ1v) is 12.3. The van der Waals surface area contributed by atoms with Crippen molar-refractivity contribution in [3.05, 3.63) is 108 Å². The van der Waals surface area contributed by atoms with Crippen molar-refractivity contribution >= 4 is 17.6 Å². The lowest BCUT2D eigenvalue weighted by Crippen LogP contribution is -2.29. The Labute approximate surface area is 208 Å². The van der Waals surface area contributed by atoms with Gasteiger partial charge in [-0.25, -0.2) is 0 Å². The molecule has 4 heteroatoms. The van der Waals surface area contributed by atoms with Crippen molar-refractivity contribution in [1.29, 1.82) is 0 Å². The van der Waals surface area contributed by atoms with Gasteiger partial charge in [-0.3, -0.25) is 4.99 Å². The number of fused-ring (bicyclic) bond motifs is 3. The number of hydrogen-bond acceptors (Lipinski definition) is 4. The van der Waals surface area contributed by atoms with Gasteiger partial charge in [-0.1, -0.05) is 54.6 Å². The first-order valence-electron chi connectivity index (χ1n) is 12.3. The van der Waals surface area contributed by atoms with E-state index < -0.39 is 0 Å². The van der Waals surface area contributed by atoms with Gasteiger partial charge >= 0.3 is 0 Å². The topological polar surface area (TPSA) is 42.8 Å². The SMILES string of the molecule is C=CCOc1ccc(C=Nc2ccc([C@@H]3Nc4ccc(C)cc4[C@H]4C=CC[C@@H]43)cc2)cc1OCC. The van der Waals surface area contributed by atoms with Crippen molar-refractivity contribution in [3.63, 3.8) is 0 Å². The Morgan fingerprint density at radius 3 is 2.69 bits per heavy atom. The number of hydrogen-bond donors (Lipinski definition) is 1. The maximum atomic E-state index is 5.74. The highest BCUT2D eigenvalue weighted by Crippen LogP contribution is 2.50. The quantitative estimate of drug-likeness (QED) is 0.277. The second kappa shape index (κ2) is 10.2. The van der Waals surface area contributed by atoms with Gasteiger partial charge in [0.2, 0.25) is 0 Å². The standard InChI is InChI=1S/C31H32N2O2/c1-4-17-35-29-16-10-22(19-30(29)34-5-2)20-32-24-13-11-23(12-14-24)31-26-8-6-7-25(26)27-18-21(3)9-15-28(27)33-31/h4,6-7,9-16,18-20,25-26,31,33H,1,5,8,17H2,2-3H3/t25-,26-,31-/m0/s1. The van der Waals surface area contributed by atoms with Crippen LogP contribution >= 0.6 is 0 Å². The van der Waals surface area contributed by atoms with Gasteiger partial charge in [-0.15, -0.1) is 0 Å². The number of nitrogens with one attached hydrogen (secondary N) is 1. The summed E-state index contributed by atoms with van der Waals surface area (Å²) in [6.07, 6.45) is 9.41. The van der Waals surface area contributed by atoms with E-state index in [-0.39, 0.29) is 0 Å². The van der Waals surface area contributed by atoms with Crippen LogP contribution in [0.5, 0.6) is 11.5 Å². The number of benzene rings is 3. The molecule has 1 aliphatic heterocycles. The van der Waals surface area contributed by atoms with E-state index in [0.717, 1.165) is 17.7 Å². The second-order valence-corrected chi connectivity index (χ2v) is 9.15. The van der Waals surface area contributed by atoms with Crippen LogP contribution in [-0.4, -0.2) is 19.4 Å². The number of ether oxygens (including phenoxy) is 2. The molecule has 178 valence electrons. The number of allylic oxidation sites excluding steroid dienone is 2. The Morgan fingerprint density at radius 1 is 1.03 bits per heavy atom. The van der Waals surface area contributed by atoms with E-state index in [1.165, 1.54) is 22.4 Å². The van der Waals surface area contributed by atoms with Gasteiger partial charge in [0.05, 0.1) is 18.3 Å². The Hall–Kier alpha value is -3.79. The number of anilines is 1. The van der Waals surface area contributed by atoms with Crippen LogP contribution in [0.15, 0.2) is 90.5 Å². The highest BCUT2D eigenvalue weighted by Gasteiger charge is 2.37. The van der Waals surface area contributed by atoms with Gasteiger partial charge in [-0.2, -0.15) is 0 Å². The summed E-state index contributed by atoms with van der Waals surface area (Å²) in [6, 6.07) is 21.5. The third-order valence-corrected chi connectivity index (χ3v) is 6.76. The van der Waals surface area contributed by atoms with Crippen LogP contribution in [0.4, 0.5) is 11.4 Å². The van der Waals surface area contributed by atoms with Crippen LogP contribution < -0.4 is 14.8 Å². The lowest BCUT2D eigenvalue weighted by atomic mass is 9.76. The molecule has 3 aromatic rings. The molecule has 0 bridgehead atoms. The summed E-state index contributed by atoms with van der Waals surface area (Å²) in [7, 11) is 0. The zero-order valence-electron chi connectivity index (χ0n) is 20.4. The molecule has 4 nitrogen and oxygen atoms in total. The molecule has 1 N–H and O–H groups in total. The highest BCUT2D eigenvalue weighted by atomic mass is 16.5. The van der Waals surface area contributed by atoms with Gasteiger partial charge in [0, 0.05) is 17.8 Å². The molecular weight excluding hydrogens is 432 g/mol. The summed E-state index contributed by atoms with van der Waals surface area (Å²) in [6.45, 7) is 8.85. The second-order valence-electron chi connectivity index (χ2n) is 9.15. The van der Waals surface area contributed by atoms with E-state index in [4.69, 9.17) is 14.5 Å². The van der Waals surface area contributed by atoms with E-state index in [1.807, 2.05) is 31.3 Å². The van der Waals surface area contributed by atoms with Crippen LogP contribution in [0.3, 0.4) is 0 Å². The number of nitrogens with zero attached hydrogens (tertiary/aromatic N) is 1. The van der Waals surface area contributed by atoms with Crippen LogP contribution in [0.25, 0.3) is 0 Å².